The average molecular weight is 349 g/mol. The smallest absolute Gasteiger partial charge is 0.256 e. The number of rotatable bonds is 4. The van der Waals surface area contributed by atoms with Gasteiger partial charge in [0.05, 0.1) is 18.7 Å². The number of aryl methyl sites for hydroxylation is 1. The number of hydrogen-bond acceptors (Lipinski definition) is 3. The second-order valence-electron chi connectivity index (χ2n) is 6.35. The number of carbonyl (C=O) groups excluding carboxylic acids is 1. The summed E-state index contributed by atoms with van der Waals surface area (Å²) in [6.07, 6.45) is 3.19. The van der Waals surface area contributed by atoms with Crippen molar-refractivity contribution >= 4 is 5.91 Å². The molecule has 25 heavy (non-hydrogen) atoms. The molecule has 1 aromatic heterocycles. The SMILES string of the molecule is Cc1cc(C(=O)N2CCC(c3ccnn3CCO)CC2)c(F)cc1F. The van der Waals surface area contributed by atoms with Gasteiger partial charge in [0.15, 0.2) is 0 Å². The van der Waals surface area contributed by atoms with Gasteiger partial charge in [-0.25, -0.2) is 8.78 Å². The highest BCUT2D eigenvalue weighted by molar-refractivity contribution is 5.94. The van der Waals surface area contributed by atoms with Crippen molar-refractivity contribution in [2.75, 3.05) is 19.7 Å². The molecule has 2 heterocycles. The number of carbonyl (C=O) groups is 1. The lowest BCUT2D eigenvalue weighted by atomic mass is 9.93. The first-order valence-electron chi connectivity index (χ1n) is 8.38. The van der Waals surface area contributed by atoms with E-state index in [4.69, 9.17) is 5.11 Å². The summed E-state index contributed by atoms with van der Waals surface area (Å²) in [7, 11) is 0. The van der Waals surface area contributed by atoms with E-state index in [2.05, 4.69) is 5.10 Å². The van der Waals surface area contributed by atoms with Crippen LogP contribution in [0.1, 0.15) is 40.4 Å². The molecule has 1 amide bonds. The number of aliphatic hydroxyl groups excluding tert-OH is 1. The van der Waals surface area contributed by atoms with Crippen LogP contribution in [0, 0.1) is 18.6 Å². The molecule has 1 fully saturated rings. The molecule has 1 saturated heterocycles. The van der Waals surface area contributed by atoms with Crippen molar-refractivity contribution in [3.63, 3.8) is 0 Å². The Morgan fingerprint density at radius 2 is 2.00 bits per heavy atom. The van der Waals surface area contributed by atoms with Crippen molar-refractivity contribution in [1.82, 2.24) is 14.7 Å². The predicted octanol–water partition coefficient (Wildman–Crippen LogP) is 2.48. The van der Waals surface area contributed by atoms with Crippen molar-refractivity contribution in [3.8, 4) is 0 Å². The molecule has 0 aliphatic carbocycles. The van der Waals surface area contributed by atoms with Crippen LogP contribution in [-0.2, 0) is 6.54 Å². The quantitative estimate of drug-likeness (QED) is 0.923. The Bertz CT molecular complexity index is 768. The zero-order chi connectivity index (χ0) is 18.0. The lowest BCUT2D eigenvalue weighted by Gasteiger charge is -2.32. The summed E-state index contributed by atoms with van der Waals surface area (Å²) in [6, 6.07) is 3.97. The van der Waals surface area contributed by atoms with E-state index in [9.17, 15) is 13.6 Å². The molecule has 0 saturated carbocycles. The van der Waals surface area contributed by atoms with Gasteiger partial charge >= 0.3 is 0 Å². The van der Waals surface area contributed by atoms with E-state index in [1.807, 2.05) is 6.07 Å². The van der Waals surface area contributed by atoms with Gasteiger partial charge in [0.25, 0.3) is 5.91 Å². The lowest BCUT2D eigenvalue weighted by Crippen LogP contribution is -2.38. The Kier molecular flexibility index (Phi) is 5.13. The van der Waals surface area contributed by atoms with Gasteiger partial charge in [-0.3, -0.25) is 9.48 Å². The molecule has 0 bridgehead atoms. The number of aromatic nitrogens is 2. The van der Waals surface area contributed by atoms with E-state index >= 15 is 0 Å². The molecule has 1 aromatic carbocycles. The minimum absolute atomic E-state index is 0.0230. The van der Waals surface area contributed by atoms with Crippen LogP contribution in [0.4, 0.5) is 8.78 Å². The number of halogens is 2. The molecule has 1 aliphatic rings. The molecular weight excluding hydrogens is 328 g/mol. The third-order valence-corrected chi connectivity index (χ3v) is 4.74. The fraction of sp³-hybridized carbons (Fsp3) is 0.444. The minimum atomic E-state index is -0.823. The maximum Gasteiger partial charge on any atom is 0.256 e. The van der Waals surface area contributed by atoms with Gasteiger partial charge in [-0.05, 0) is 37.5 Å². The Morgan fingerprint density at radius 1 is 1.28 bits per heavy atom. The highest BCUT2D eigenvalue weighted by atomic mass is 19.1. The number of likely N-dealkylation sites (tertiary alicyclic amines) is 1. The Morgan fingerprint density at radius 3 is 2.68 bits per heavy atom. The Balaban J connectivity index is 1.69. The Hall–Kier alpha value is -2.28. The summed E-state index contributed by atoms with van der Waals surface area (Å²) in [6.45, 7) is 2.99. The normalized spacial score (nSPS) is 15.6. The molecule has 0 atom stereocenters. The molecule has 0 spiro atoms. The van der Waals surface area contributed by atoms with Crippen LogP contribution < -0.4 is 0 Å². The van der Waals surface area contributed by atoms with Crippen LogP contribution in [0.5, 0.6) is 0 Å². The molecule has 3 rings (SSSR count). The molecule has 2 aromatic rings. The molecule has 1 N–H and O–H groups in total. The minimum Gasteiger partial charge on any atom is -0.394 e. The van der Waals surface area contributed by atoms with Gasteiger partial charge in [0.1, 0.15) is 11.6 Å². The summed E-state index contributed by atoms with van der Waals surface area (Å²) in [5, 5.41) is 13.3. The second kappa shape index (κ2) is 7.31. The maximum atomic E-state index is 14.0. The van der Waals surface area contributed by atoms with E-state index in [0.29, 0.717) is 19.6 Å². The molecule has 0 radical (unpaired) electrons. The van der Waals surface area contributed by atoms with E-state index in [1.165, 1.54) is 13.0 Å². The predicted molar refractivity (Wildman–Crippen MR) is 88.3 cm³/mol. The van der Waals surface area contributed by atoms with Crippen LogP contribution in [0.3, 0.4) is 0 Å². The van der Waals surface area contributed by atoms with Crippen molar-refractivity contribution in [2.24, 2.45) is 0 Å². The zero-order valence-electron chi connectivity index (χ0n) is 14.1. The number of piperidine rings is 1. The summed E-state index contributed by atoms with van der Waals surface area (Å²) in [4.78, 5) is 14.2. The highest BCUT2D eigenvalue weighted by Gasteiger charge is 2.28. The van der Waals surface area contributed by atoms with Crippen molar-refractivity contribution in [1.29, 1.82) is 0 Å². The summed E-state index contributed by atoms with van der Waals surface area (Å²) < 4.78 is 29.1. The third kappa shape index (κ3) is 3.56. The second-order valence-corrected chi connectivity index (χ2v) is 6.35. The van der Waals surface area contributed by atoms with Gasteiger partial charge in [-0.2, -0.15) is 5.10 Å². The number of nitrogens with zero attached hydrogens (tertiary/aromatic N) is 3. The largest absolute Gasteiger partial charge is 0.394 e. The van der Waals surface area contributed by atoms with Gasteiger partial charge in [-0.15, -0.1) is 0 Å². The Labute approximate surface area is 144 Å². The van der Waals surface area contributed by atoms with Crippen molar-refractivity contribution < 1.29 is 18.7 Å². The monoisotopic (exact) mass is 349 g/mol. The molecule has 134 valence electrons. The molecule has 0 unspecified atom stereocenters. The average Bonchev–Trinajstić information content (AvgIpc) is 3.06. The zero-order valence-corrected chi connectivity index (χ0v) is 14.1. The van der Waals surface area contributed by atoms with Crippen LogP contribution >= 0.6 is 0 Å². The van der Waals surface area contributed by atoms with E-state index in [1.54, 1.807) is 15.8 Å². The van der Waals surface area contributed by atoms with Crippen LogP contribution in [-0.4, -0.2) is 45.4 Å². The first kappa shape index (κ1) is 17.5. The fourth-order valence-electron chi connectivity index (χ4n) is 3.34. The number of amides is 1. The highest BCUT2D eigenvalue weighted by Crippen LogP contribution is 2.29. The summed E-state index contributed by atoms with van der Waals surface area (Å²) >= 11 is 0. The molecular formula is C18H21F2N3O2. The van der Waals surface area contributed by atoms with Crippen molar-refractivity contribution in [3.05, 3.63) is 52.9 Å². The van der Waals surface area contributed by atoms with Crippen molar-refractivity contribution in [2.45, 2.75) is 32.2 Å². The molecule has 1 aliphatic heterocycles. The van der Waals surface area contributed by atoms with E-state index in [-0.39, 0.29) is 23.7 Å². The van der Waals surface area contributed by atoms with E-state index < -0.39 is 17.5 Å². The molecule has 5 nitrogen and oxygen atoms in total. The van der Waals surface area contributed by atoms with Crippen LogP contribution in [0.25, 0.3) is 0 Å². The van der Waals surface area contributed by atoms with Gasteiger partial charge in [-0.1, -0.05) is 0 Å². The first-order chi connectivity index (χ1) is 12.0. The standard InChI is InChI=1S/C18H21F2N3O2/c1-12-10-14(16(20)11-15(12)19)18(25)22-6-3-13(4-7-22)17-2-5-21-23(17)8-9-24/h2,5,10-11,13,24H,3-4,6-9H2,1H3. The number of hydrogen-bond donors (Lipinski definition) is 1. The summed E-state index contributed by atoms with van der Waals surface area (Å²) in [5.74, 6) is -1.62. The number of aliphatic hydroxyl groups is 1. The topological polar surface area (TPSA) is 58.4 Å². The van der Waals surface area contributed by atoms with Gasteiger partial charge in [0.2, 0.25) is 0 Å². The summed E-state index contributed by atoms with van der Waals surface area (Å²) in [5.41, 5.74) is 1.22. The van der Waals surface area contributed by atoms with Crippen LogP contribution in [0.15, 0.2) is 24.4 Å². The van der Waals surface area contributed by atoms with E-state index in [0.717, 1.165) is 24.6 Å². The lowest BCUT2D eigenvalue weighted by molar-refractivity contribution is 0.0706. The molecule has 7 heteroatoms. The fourth-order valence-corrected chi connectivity index (χ4v) is 3.34. The van der Waals surface area contributed by atoms with Crippen LogP contribution in [0.2, 0.25) is 0 Å². The van der Waals surface area contributed by atoms with Gasteiger partial charge < -0.3 is 10.0 Å². The number of benzene rings is 1. The van der Waals surface area contributed by atoms with Gasteiger partial charge in [0, 0.05) is 37.0 Å². The third-order valence-electron chi connectivity index (χ3n) is 4.74. The maximum absolute atomic E-state index is 14.0. The first-order valence-corrected chi connectivity index (χ1v) is 8.38.